The molecule has 1 aromatic rings. The van der Waals surface area contributed by atoms with Gasteiger partial charge in [-0.2, -0.15) is 13.2 Å². The lowest BCUT2D eigenvalue weighted by atomic mass is 10.2. The summed E-state index contributed by atoms with van der Waals surface area (Å²) in [5, 5.41) is 5.23. The van der Waals surface area contributed by atoms with Crippen molar-refractivity contribution < 1.29 is 22.8 Å². The number of carbonyl (C=O) groups is 2. The average molecular weight is 301 g/mol. The van der Waals surface area contributed by atoms with Gasteiger partial charge in [0.2, 0.25) is 11.8 Å². The Labute approximate surface area is 119 Å². The van der Waals surface area contributed by atoms with E-state index in [1.165, 1.54) is 17.0 Å². The fourth-order valence-electron chi connectivity index (χ4n) is 1.95. The van der Waals surface area contributed by atoms with E-state index in [9.17, 15) is 22.8 Å². The number of anilines is 1. The lowest BCUT2D eigenvalue weighted by molar-refractivity contribution is -0.137. The number of nitrogens with zero attached hydrogens (tertiary/aromatic N) is 1. The fraction of sp³-hybridized carbons (Fsp3) is 0.385. The predicted octanol–water partition coefficient (Wildman–Crippen LogP) is 1.08. The fourth-order valence-corrected chi connectivity index (χ4v) is 1.95. The molecule has 1 fully saturated rings. The van der Waals surface area contributed by atoms with Crippen LogP contribution in [-0.4, -0.2) is 42.9 Å². The molecule has 2 rings (SSSR count). The number of hydrogen-bond acceptors (Lipinski definition) is 3. The molecular formula is C13H14F3N3O2. The molecule has 0 unspecified atom stereocenters. The molecule has 1 aliphatic rings. The molecule has 8 heteroatoms. The molecule has 0 aliphatic carbocycles. The smallest absolute Gasteiger partial charge is 0.376 e. The van der Waals surface area contributed by atoms with Crippen molar-refractivity contribution in [1.29, 1.82) is 0 Å². The van der Waals surface area contributed by atoms with E-state index in [0.717, 1.165) is 12.1 Å². The van der Waals surface area contributed by atoms with Crippen molar-refractivity contribution in [3.8, 4) is 0 Å². The lowest BCUT2D eigenvalue weighted by Gasteiger charge is -2.26. The van der Waals surface area contributed by atoms with Gasteiger partial charge < -0.3 is 15.5 Å². The Morgan fingerprint density at radius 1 is 1.38 bits per heavy atom. The topological polar surface area (TPSA) is 61.4 Å². The maximum absolute atomic E-state index is 12.6. The molecule has 1 saturated heterocycles. The van der Waals surface area contributed by atoms with E-state index in [2.05, 4.69) is 10.6 Å². The van der Waals surface area contributed by atoms with Gasteiger partial charge in [-0.15, -0.1) is 0 Å². The summed E-state index contributed by atoms with van der Waals surface area (Å²) in [5.41, 5.74) is -0.572. The van der Waals surface area contributed by atoms with Gasteiger partial charge >= 0.3 is 6.18 Å². The van der Waals surface area contributed by atoms with Crippen molar-refractivity contribution in [2.45, 2.75) is 6.18 Å². The summed E-state index contributed by atoms with van der Waals surface area (Å²) >= 11 is 0. The standard InChI is InChI=1S/C13H14F3N3O2/c14-13(15,16)9-2-1-3-10(6-9)18-7-12(21)19-5-4-17-11(20)8-19/h1-3,6,18H,4-5,7-8H2,(H,17,20). The molecule has 21 heavy (non-hydrogen) atoms. The summed E-state index contributed by atoms with van der Waals surface area (Å²) in [6, 6.07) is 4.62. The largest absolute Gasteiger partial charge is 0.416 e. The quantitative estimate of drug-likeness (QED) is 0.878. The van der Waals surface area contributed by atoms with Gasteiger partial charge in [-0.05, 0) is 18.2 Å². The number of rotatable bonds is 3. The van der Waals surface area contributed by atoms with Crippen molar-refractivity contribution in [2.24, 2.45) is 0 Å². The van der Waals surface area contributed by atoms with E-state index in [1.54, 1.807) is 0 Å². The van der Waals surface area contributed by atoms with Crippen molar-refractivity contribution in [1.82, 2.24) is 10.2 Å². The van der Waals surface area contributed by atoms with Gasteiger partial charge in [0.1, 0.15) is 0 Å². The Kier molecular flexibility index (Phi) is 4.35. The molecule has 0 aromatic heterocycles. The maximum Gasteiger partial charge on any atom is 0.416 e. The van der Waals surface area contributed by atoms with Crippen LogP contribution in [0.4, 0.5) is 18.9 Å². The molecule has 1 aliphatic heterocycles. The minimum absolute atomic E-state index is 0.0247. The van der Waals surface area contributed by atoms with Gasteiger partial charge in [-0.3, -0.25) is 9.59 Å². The van der Waals surface area contributed by atoms with E-state index < -0.39 is 11.7 Å². The van der Waals surface area contributed by atoms with Gasteiger partial charge in [0.15, 0.2) is 0 Å². The van der Waals surface area contributed by atoms with E-state index in [0.29, 0.717) is 13.1 Å². The van der Waals surface area contributed by atoms with E-state index in [4.69, 9.17) is 0 Å². The molecule has 1 heterocycles. The van der Waals surface area contributed by atoms with Crippen LogP contribution in [-0.2, 0) is 15.8 Å². The molecule has 2 N–H and O–H groups in total. The van der Waals surface area contributed by atoms with Crippen molar-refractivity contribution in [3.63, 3.8) is 0 Å². The van der Waals surface area contributed by atoms with Crippen molar-refractivity contribution >= 4 is 17.5 Å². The summed E-state index contributed by atoms with van der Waals surface area (Å²) < 4.78 is 37.7. The zero-order valence-electron chi connectivity index (χ0n) is 11.0. The van der Waals surface area contributed by atoms with Crippen molar-refractivity contribution in [2.75, 3.05) is 31.5 Å². The van der Waals surface area contributed by atoms with Crippen LogP contribution in [0.15, 0.2) is 24.3 Å². The summed E-state index contributed by atoms with van der Waals surface area (Å²) in [5.74, 6) is -0.573. The summed E-state index contributed by atoms with van der Waals surface area (Å²) in [7, 11) is 0. The van der Waals surface area contributed by atoms with E-state index >= 15 is 0 Å². The van der Waals surface area contributed by atoms with Gasteiger partial charge in [0.05, 0.1) is 18.7 Å². The Hall–Kier alpha value is -2.25. The first kappa shape index (κ1) is 15.1. The Morgan fingerprint density at radius 2 is 2.14 bits per heavy atom. The highest BCUT2D eigenvalue weighted by Gasteiger charge is 2.30. The van der Waals surface area contributed by atoms with Gasteiger partial charge in [0, 0.05) is 18.8 Å². The minimum Gasteiger partial charge on any atom is -0.376 e. The molecule has 0 saturated carbocycles. The van der Waals surface area contributed by atoms with Crippen LogP contribution < -0.4 is 10.6 Å². The van der Waals surface area contributed by atoms with E-state index in [1.807, 2.05) is 0 Å². The van der Waals surface area contributed by atoms with Crippen molar-refractivity contribution in [3.05, 3.63) is 29.8 Å². The van der Waals surface area contributed by atoms with Crippen LogP contribution >= 0.6 is 0 Å². The van der Waals surface area contributed by atoms with Crippen LogP contribution in [0, 0.1) is 0 Å². The summed E-state index contributed by atoms with van der Waals surface area (Å²) in [6.07, 6.45) is -4.42. The molecule has 1 aromatic carbocycles. The third-order valence-electron chi connectivity index (χ3n) is 3.02. The molecule has 5 nitrogen and oxygen atoms in total. The first-order chi connectivity index (χ1) is 9.86. The normalized spacial score (nSPS) is 15.6. The number of carbonyl (C=O) groups excluding carboxylic acids is 2. The van der Waals surface area contributed by atoms with Gasteiger partial charge in [-0.25, -0.2) is 0 Å². The SMILES string of the molecule is O=C1CN(C(=O)CNc2cccc(C(F)(F)F)c2)CCN1. The van der Waals surface area contributed by atoms with Crippen LogP contribution in [0.5, 0.6) is 0 Å². The van der Waals surface area contributed by atoms with E-state index in [-0.39, 0.29) is 30.6 Å². The molecular weight excluding hydrogens is 287 g/mol. The average Bonchev–Trinajstić information content (AvgIpc) is 2.44. The number of halogens is 3. The first-order valence-electron chi connectivity index (χ1n) is 6.32. The van der Waals surface area contributed by atoms with Gasteiger partial charge in [-0.1, -0.05) is 6.07 Å². The number of hydrogen-bond donors (Lipinski definition) is 2. The molecule has 0 bridgehead atoms. The minimum atomic E-state index is -4.42. The number of amides is 2. The first-order valence-corrected chi connectivity index (χ1v) is 6.32. The van der Waals surface area contributed by atoms with Crippen LogP contribution in [0.3, 0.4) is 0 Å². The van der Waals surface area contributed by atoms with Crippen LogP contribution in [0.25, 0.3) is 0 Å². The van der Waals surface area contributed by atoms with Gasteiger partial charge in [0.25, 0.3) is 0 Å². The number of benzene rings is 1. The van der Waals surface area contributed by atoms with Crippen LogP contribution in [0.1, 0.15) is 5.56 Å². The third kappa shape index (κ3) is 4.11. The second kappa shape index (κ2) is 6.02. The molecule has 0 atom stereocenters. The Morgan fingerprint density at radius 3 is 2.81 bits per heavy atom. The second-order valence-electron chi connectivity index (χ2n) is 4.60. The Balaban J connectivity index is 1.93. The van der Waals surface area contributed by atoms with Crippen LogP contribution in [0.2, 0.25) is 0 Å². The highest BCUT2D eigenvalue weighted by Crippen LogP contribution is 2.30. The molecule has 114 valence electrons. The molecule has 0 spiro atoms. The zero-order chi connectivity index (χ0) is 15.5. The highest BCUT2D eigenvalue weighted by atomic mass is 19.4. The summed E-state index contributed by atoms with van der Waals surface area (Å²) in [6.45, 7) is 0.598. The maximum atomic E-state index is 12.6. The number of piperazine rings is 1. The molecule has 0 radical (unpaired) electrons. The lowest BCUT2D eigenvalue weighted by Crippen LogP contribution is -2.51. The monoisotopic (exact) mass is 301 g/mol. The number of alkyl halides is 3. The summed E-state index contributed by atoms with van der Waals surface area (Å²) in [4.78, 5) is 24.4. The third-order valence-corrected chi connectivity index (χ3v) is 3.02. The zero-order valence-corrected chi connectivity index (χ0v) is 11.0. The Bertz CT molecular complexity index is 546. The highest BCUT2D eigenvalue weighted by molar-refractivity contribution is 5.87. The number of nitrogens with one attached hydrogen (secondary N) is 2. The predicted molar refractivity (Wildman–Crippen MR) is 69.5 cm³/mol. The second-order valence-corrected chi connectivity index (χ2v) is 4.60. The molecule has 2 amide bonds.